The molecule has 0 saturated heterocycles. The first kappa shape index (κ1) is 17.9. The minimum absolute atomic E-state index is 0.0916. The normalized spacial score (nSPS) is 17.0. The predicted molar refractivity (Wildman–Crippen MR) is 76.3 cm³/mol. The van der Waals surface area contributed by atoms with Crippen LogP contribution in [0.1, 0.15) is 0 Å². The highest BCUT2D eigenvalue weighted by Gasteiger charge is 2.29. The Bertz CT molecular complexity index is 508. The molecule has 1 aromatic rings. The molecule has 0 aliphatic carbocycles. The summed E-state index contributed by atoms with van der Waals surface area (Å²) < 4.78 is 0. The number of hydrazone groups is 1. The first-order valence-electron chi connectivity index (χ1n) is 6.23. The third-order valence-electron chi connectivity index (χ3n) is 2.78. The predicted octanol–water partition coefficient (Wildman–Crippen LogP) is -1.57. The summed E-state index contributed by atoms with van der Waals surface area (Å²) >= 11 is 0. The van der Waals surface area contributed by atoms with E-state index in [1.54, 1.807) is 0 Å². The van der Waals surface area contributed by atoms with E-state index < -0.39 is 35.9 Å². The van der Waals surface area contributed by atoms with E-state index in [-0.39, 0.29) is 5.69 Å². The highest BCUT2D eigenvalue weighted by atomic mass is 16.6. The SMILES string of the molecule is O=[N+]([O-])c1ccc(NN=C[C@@H](O)[C@@H](O)[C@H](O)[C@H](O)CO)cc1. The van der Waals surface area contributed by atoms with Crippen molar-refractivity contribution in [2.24, 2.45) is 5.10 Å². The van der Waals surface area contributed by atoms with Crippen molar-refractivity contribution in [2.75, 3.05) is 12.0 Å². The monoisotopic (exact) mass is 315 g/mol. The van der Waals surface area contributed by atoms with Crippen LogP contribution in [0.15, 0.2) is 29.4 Å². The Hall–Kier alpha value is -2.11. The largest absolute Gasteiger partial charge is 0.394 e. The van der Waals surface area contributed by atoms with E-state index in [4.69, 9.17) is 10.2 Å². The van der Waals surface area contributed by atoms with Gasteiger partial charge in [-0.05, 0) is 12.1 Å². The zero-order valence-corrected chi connectivity index (χ0v) is 11.4. The number of nitrogens with zero attached hydrogens (tertiary/aromatic N) is 2. The van der Waals surface area contributed by atoms with Crippen molar-refractivity contribution in [3.05, 3.63) is 34.4 Å². The van der Waals surface area contributed by atoms with Crippen LogP contribution in [0, 0.1) is 10.1 Å². The average molecular weight is 315 g/mol. The van der Waals surface area contributed by atoms with Crippen LogP contribution in [0.5, 0.6) is 0 Å². The second-order valence-electron chi connectivity index (χ2n) is 4.42. The molecule has 0 heterocycles. The highest BCUT2D eigenvalue weighted by molar-refractivity contribution is 5.65. The van der Waals surface area contributed by atoms with Crippen molar-refractivity contribution >= 4 is 17.6 Å². The van der Waals surface area contributed by atoms with Crippen LogP contribution in [0.3, 0.4) is 0 Å². The molecule has 0 saturated carbocycles. The van der Waals surface area contributed by atoms with Gasteiger partial charge in [-0.25, -0.2) is 0 Å². The Morgan fingerprint density at radius 1 is 1.18 bits per heavy atom. The van der Waals surface area contributed by atoms with Gasteiger partial charge in [0, 0.05) is 12.1 Å². The number of benzene rings is 1. The summed E-state index contributed by atoms with van der Waals surface area (Å²) in [6.07, 6.45) is -5.81. The molecule has 6 N–H and O–H groups in total. The number of rotatable bonds is 8. The van der Waals surface area contributed by atoms with Crippen LogP contribution in [0.4, 0.5) is 11.4 Å². The van der Waals surface area contributed by atoms with Gasteiger partial charge in [-0.3, -0.25) is 15.5 Å². The number of aliphatic hydroxyl groups is 5. The molecule has 1 aromatic carbocycles. The first-order chi connectivity index (χ1) is 10.4. The van der Waals surface area contributed by atoms with E-state index in [9.17, 15) is 25.4 Å². The quantitative estimate of drug-likeness (QED) is 0.190. The molecule has 0 bridgehead atoms. The van der Waals surface area contributed by atoms with Gasteiger partial charge in [0.1, 0.15) is 24.4 Å². The maximum absolute atomic E-state index is 10.5. The average Bonchev–Trinajstić information content (AvgIpc) is 2.52. The van der Waals surface area contributed by atoms with Crippen molar-refractivity contribution in [3.8, 4) is 0 Å². The fourth-order valence-electron chi connectivity index (χ4n) is 1.47. The lowest BCUT2D eigenvalue weighted by molar-refractivity contribution is -0.384. The molecule has 122 valence electrons. The van der Waals surface area contributed by atoms with E-state index in [2.05, 4.69) is 10.5 Å². The molecule has 1 rings (SSSR count). The molecule has 10 nitrogen and oxygen atoms in total. The number of aliphatic hydroxyl groups excluding tert-OH is 5. The van der Waals surface area contributed by atoms with Crippen molar-refractivity contribution in [3.63, 3.8) is 0 Å². The van der Waals surface area contributed by atoms with Crippen LogP contribution >= 0.6 is 0 Å². The molecule has 22 heavy (non-hydrogen) atoms. The lowest BCUT2D eigenvalue weighted by Crippen LogP contribution is -2.46. The van der Waals surface area contributed by atoms with Crippen molar-refractivity contribution < 1.29 is 30.5 Å². The third-order valence-corrected chi connectivity index (χ3v) is 2.78. The smallest absolute Gasteiger partial charge is 0.269 e. The maximum Gasteiger partial charge on any atom is 0.269 e. The second kappa shape index (κ2) is 8.36. The number of non-ortho nitro benzene ring substituents is 1. The Morgan fingerprint density at radius 3 is 2.27 bits per heavy atom. The molecular formula is C12H17N3O7. The Kier molecular flexibility index (Phi) is 6.82. The summed E-state index contributed by atoms with van der Waals surface area (Å²) in [7, 11) is 0. The molecule has 4 atom stereocenters. The Labute approximate surface area is 125 Å². The van der Waals surface area contributed by atoms with Gasteiger partial charge in [-0.15, -0.1) is 0 Å². The minimum atomic E-state index is -1.75. The standard InChI is InChI=1S/C12H17N3O7/c16-6-10(18)12(20)11(19)9(17)5-13-14-7-1-3-8(4-2-7)15(21)22/h1-5,9-12,14,16-20H,6H2/t9-,10-,11-,12-/m1/s1. The molecule has 0 aromatic heterocycles. The number of nitro groups is 1. The van der Waals surface area contributed by atoms with Crippen molar-refractivity contribution in [1.29, 1.82) is 0 Å². The van der Waals surface area contributed by atoms with E-state index in [1.165, 1.54) is 24.3 Å². The van der Waals surface area contributed by atoms with Crippen LogP contribution in [0.2, 0.25) is 0 Å². The number of hydrogen-bond donors (Lipinski definition) is 6. The summed E-state index contributed by atoms with van der Waals surface area (Å²) in [5.74, 6) is 0. The fourth-order valence-corrected chi connectivity index (χ4v) is 1.47. The van der Waals surface area contributed by atoms with Crippen LogP contribution in [-0.4, -0.2) is 67.7 Å². The van der Waals surface area contributed by atoms with Gasteiger partial charge >= 0.3 is 0 Å². The number of anilines is 1. The van der Waals surface area contributed by atoms with Crippen LogP contribution in [0.25, 0.3) is 0 Å². The summed E-state index contributed by atoms with van der Waals surface area (Å²) in [4.78, 5) is 9.91. The van der Waals surface area contributed by atoms with Gasteiger partial charge in [0.25, 0.3) is 5.69 Å². The third kappa shape index (κ3) is 5.02. The van der Waals surface area contributed by atoms with E-state index in [0.717, 1.165) is 6.21 Å². The van der Waals surface area contributed by atoms with Crippen molar-refractivity contribution in [1.82, 2.24) is 0 Å². The maximum atomic E-state index is 10.5. The van der Waals surface area contributed by atoms with E-state index in [0.29, 0.717) is 5.69 Å². The van der Waals surface area contributed by atoms with Gasteiger partial charge in [-0.2, -0.15) is 5.10 Å². The summed E-state index contributed by atoms with van der Waals surface area (Å²) in [6, 6.07) is 5.29. The molecule has 0 spiro atoms. The zero-order valence-electron chi connectivity index (χ0n) is 11.4. The Morgan fingerprint density at radius 2 is 1.77 bits per heavy atom. The van der Waals surface area contributed by atoms with Gasteiger partial charge in [0.05, 0.1) is 23.4 Å². The molecule has 0 amide bonds. The van der Waals surface area contributed by atoms with Crippen LogP contribution in [-0.2, 0) is 0 Å². The molecule has 0 fully saturated rings. The van der Waals surface area contributed by atoms with E-state index in [1.807, 2.05) is 0 Å². The lowest BCUT2D eigenvalue weighted by atomic mass is 10.0. The summed E-state index contributed by atoms with van der Waals surface area (Å²) in [5, 5.41) is 60.3. The first-order valence-corrected chi connectivity index (χ1v) is 6.23. The number of nitrogens with one attached hydrogen (secondary N) is 1. The second-order valence-corrected chi connectivity index (χ2v) is 4.42. The number of hydrogen-bond acceptors (Lipinski definition) is 9. The molecule has 0 aliphatic heterocycles. The minimum Gasteiger partial charge on any atom is -0.394 e. The fraction of sp³-hybridized carbons (Fsp3) is 0.417. The summed E-state index contributed by atoms with van der Waals surface area (Å²) in [5.41, 5.74) is 2.77. The van der Waals surface area contributed by atoms with Gasteiger partial charge < -0.3 is 25.5 Å². The van der Waals surface area contributed by atoms with Crippen molar-refractivity contribution in [2.45, 2.75) is 24.4 Å². The van der Waals surface area contributed by atoms with Gasteiger partial charge in [0.2, 0.25) is 0 Å². The molecule has 0 radical (unpaired) electrons. The zero-order chi connectivity index (χ0) is 16.7. The summed E-state index contributed by atoms with van der Waals surface area (Å²) in [6.45, 7) is -0.775. The Balaban J connectivity index is 2.55. The van der Waals surface area contributed by atoms with Gasteiger partial charge in [0.15, 0.2) is 0 Å². The topological polar surface area (TPSA) is 169 Å². The number of nitro benzene ring substituents is 1. The molecule has 0 unspecified atom stereocenters. The molecule has 10 heteroatoms. The van der Waals surface area contributed by atoms with Crippen LogP contribution < -0.4 is 5.43 Å². The highest BCUT2D eigenvalue weighted by Crippen LogP contribution is 2.15. The lowest BCUT2D eigenvalue weighted by Gasteiger charge is -2.23. The molecule has 0 aliphatic rings. The van der Waals surface area contributed by atoms with Gasteiger partial charge in [-0.1, -0.05) is 0 Å². The van der Waals surface area contributed by atoms with E-state index >= 15 is 0 Å². The molecular weight excluding hydrogens is 298 g/mol.